The van der Waals surface area contributed by atoms with Crippen molar-refractivity contribution in [1.82, 2.24) is 20.9 Å². The van der Waals surface area contributed by atoms with E-state index in [0.29, 0.717) is 31.8 Å². The highest BCUT2D eigenvalue weighted by Crippen LogP contribution is 2.21. The van der Waals surface area contributed by atoms with Gasteiger partial charge in [-0.25, -0.2) is 4.79 Å². The Hall–Kier alpha value is -3.40. The fourth-order valence-corrected chi connectivity index (χ4v) is 5.37. The molecule has 42 heavy (non-hydrogen) atoms. The summed E-state index contributed by atoms with van der Waals surface area (Å²) >= 11 is 1.54. The number of benzene rings is 3. The Morgan fingerprint density at radius 3 is 2.36 bits per heavy atom. The number of thioether (sulfide) groups is 1. The van der Waals surface area contributed by atoms with Crippen molar-refractivity contribution in [2.75, 3.05) is 31.6 Å². The van der Waals surface area contributed by atoms with Gasteiger partial charge in [-0.3, -0.25) is 14.5 Å². The molecule has 0 spiro atoms. The molecule has 0 aliphatic heterocycles. The van der Waals surface area contributed by atoms with Crippen molar-refractivity contribution in [3.63, 3.8) is 0 Å². The fraction of sp³-hybridized carbons (Fsp3) is 0.424. The number of nitrogens with one attached hydrogen (secondary N) is 3. The van der Waals surface area contributed by atoms with Crippen molar-refractivity contribution in [2.45, 2.75) is 51.9 Å². The third kappa shape index (κ3) is 10.8. The first kappa shape index (κ1) is 33.1. The van der Waals surface area contributed by atoms with Crippen molar-refractivity contribution in [3.05, 3.63) is 83.9 Å². The Labute approximate surface area is 253 Å². The molecule has 0 aliphatic rings. The Bertz CT molecular complexity index is 1280. The summed E-state index contributed by atoms with van der Waals surface area (Å²) in [6.45, 7) is 5.90. The topological polar surface area (TPSA) is 111 Å². The number of carbonyl (C=O) groups is 3. The van der Waals surface area contributed by atoms with Gasteiger partial charge < -0.3 is 21.1 Å². The summed E-state index contributed by atoms with van der Waals surface area (Å²) < 4.78 is 0. The molecular weight excluding hydrogens is 548 g/mol. The van der Waals surface area contributed by atoms with E-state index in [0.717, 1.165) is 28.3 Å². The number of carbonyl (C=O) groups excluding carboxylic acids is 2. The van der Waals surface area contributed by atoms with Gasteiger partial charge in [-0.1, -0.05) is 93.1 Å². The lowest BCUT2D eigenvalue weighted by molar-refractivity contribution is -0.142. The van der Waals surface area contributed by atoms with Gasteiger partial charge >= 0.3 is 5.97 Å². The van der Waals surface area contributed by atoms with Crippen LogP contribution in [0.15, 0.2) is 72.8 Å². The van der Waals surface area contributed by atoms with Gasteiger partial charge in [0.05, 0.1) is 13.1 Å². The van der Waals surface area contributed by atoms with Gasteiger partial charge in [-0.2, -0.15) is 11.8 Å². The van der Waals surface area contributed by atoms with Crippen LogP contribution in [0.4, 0.5) is 0 Å². The maximum atomic E-state index is 13.2. The normalized spacial score (nSPS) is 13.4. The molecule has 8 nitrogen and oxygen atoms in total. The van der Waals surface area contributed by atoms with Gasteiger partial charge in [-0.15, -0.1) is 0 Å². The summed E-state index contributed by atoms with van der Waals surface area (Å²) in [5.41, 5.74) is 2.17. The minimum absolute atomic E-state index is 0.0152. The Balaban J connectivity index is 1.75. The zero-order chi connectivity index (χ0) is 30.3. The average Bonchev–Trinajstić information content (AvgIpc) is 2.99. The van der Waals surface area contributed by atoms with Gasteiger partial charge in [0.2, 0.25) is 11.8 Å². The summed E-state index contributed by atoms with van der Waals surface area (Å²) in [4.78, 5) is 40.0. The van der Waals surface area contributed by atoms with Crippen LogP contribution in [0.5, 0.6) is 0 Å². The zero-order valence-corrected chi connectivity index (χ0v) is 25.7. The van der Waals surface area contributed by atoms with E-state index in [1.807, 2.05) is 59.7 Å². The molecule has 0 heterocycles. The van der Waals surface area contributed by atoms with Crippen LogP contribution >= 0.6 is 11.8 Å². The quantitative estimate of drug-likeness (QED) is 0.175. The summed E-state index contributed by atoms with van der Waals surface area (Å²) in [6, 6.07) is 23.0. The number of amides is 2. The maximum Gasteiger partial charge on any atom is 0.326 e. The average molecular weight is 593 g/mol. The second-order valence-electron chi connectivity index (χ2n) is 10.7. The lowest BCUT2D eigenvalue weighted by Crippen LogP contribution is -2.52. The van der Waals surface area contributed by atoms with E-state index in [-0.39, 0.29) is 36.9 Å². The van der Waals surface area contributed by atoms with Gasteiger partial charge in [-0.05, 0) is 46.2 Å². The van der Waals surface area contributed by atoms with Gasteiger partial charge in [0.25, 0.3) is 0 Å². The van der Waals surface area contributed by atoms with Crippen molar-refractivity contribution in [2.24, 2.45) is 5.92 Å². The maximum absolute atomic E-state index is 13.2. The largest absolute Gasteiger partial charge is 0.480 e. The summed E-state index contributed by atoms with van der Waals surface area (Å²) in [7, 11) is 0. The second-order valence-corrected chi connectivity index (χ2v) is 11.7. The molecule has 0 saturated heterocycles. The number of rotatable bonds is 18. The second kappa shape index (κ2) is 17.5. The number of hydrogen-bond acceptors (Lipinski definition) is 6. The Kier molecular flexibility index (Phi) is 13.8. The number of carboxylic acids is 1. The van der Waals surface area contributed by atoms with Gasteiger partial charge in [0.1, 0.15) is 6.04 Å². The standard InChI is InChI=1S/C33H44N4O4S/c1-4-24(2)30(36-31(38)20-34-19-25-11-6-5-7-12-25)22-37(23-32(39)35-29(33(40)41)17-18-42-3)21-27-15-10-14-26-13-8-9-16-28(26)27/h5-16,24,29-30,34H,4,17-23H2,1-3H3,(H,35,39)(H,36,38)(H,40,41)/t24?,29-,30+/m0/s1. The predicted molar refractivity (Wildman–Crippen MR) is 171 cm³/mol. The van der Waals surface area contributed by atoms with Crippen LogP contribution in [0.25, 0.3) is 10.8 Å². The SMILES string of the molecule is CCC(C)[C@@H](CN(CC(=O)N[C@@H](CCSC)C(=O)O)Cc1cccc2ccccc12)NC(=O)CNCc1ccccc1. The van der Waals surface area contributed by atoms with Crippen LogP contribution in [0.1, 0.15) is 37.8 Å². The molecule has 226 valence electrons. The number of hydrogen-bond donors (Lipinski definition) is 4. The van der Waals surface area contributed by atoms with Gasteiger partial charge in [0.15, 0.2) is 0 Å². The molecule has 3 rings (SSSR count). The smallest absolute Gasteiger partial charge is 0.326 e. The molecule has 4 N–H and O–H groups in total. The monoisotopic (exact) mass is 592 g/mol. The van der Waals surface area contributed by atoms with E-state index < -0.39 is 12.0 Å². The Morgan fingerprint density at radius 1 is 0.929 bits per heavy atom. The van der Waals surface area contributed by atoms with E-state index in [1.54, 1.807) is 11.8 Å². The zero-order valence-electron chi connectivity index (χ0n) is 24.8. The molecule has 3 aromatic carbocycles. The number of fused-ring (bicyclic) bond motifs is 1. The molecule has 0 aliphatic carbocycles. The van der Waals surface area contributed by atoms with E-state index in [4.69, 9.17) is 0 Å². The van der Waals surface area contributed by atoms with E-state index in [9.17, 15) is 19.5 Å². The van der Waals surface area contributed by atoms with Crippen molar-refractivity contribution in [1.29, 1.82) is 0 Å². The highest BCUT2D eigenvalue weighted by molar-refractivity contribution is 7.98. The Morgan fingerprint density at radius 2 is 1.64 bits per heavy atom. The molecule has 0 fully saturated rings. The van der Waals surface area contributed by atoms with E-state index in [2.05, 4.69) is 54.1 Å². The number of carboxylic acid groups (broad SMARTS) is 1. The summed E-state index contributed by atoms with van der Waals surface area (Å²) in [6.07, 6.45) is 3.12. The number of nitrogens with zero attached hydrogens (tertiary/aromatic N) is 1. The lowest BCUT2D eigenvalue weighted by atomic mass is 9.97. The molecule has 3 aromatic rings. The molecule has 3 atom stereocenters. The minimum atomic E-state index is -1.04. The first-order valence-electron chi connectivity index (χ1n) is 14.5. The fourth-order valence-electron chi connectivity index (χ4n) is 4.90. The minimum Gasteiger partial charge on any atom is -0.480 e. The molecule has 1 unspecified atom stereocenters. The number of aliphatic carboxylic acids is 1. The molecule has 0 radical (unpaired) electrons. The summed E-state index contributed by atoms with van der Waals surface area (Å²) in [5.74, 6) is -0.686. The molecular formula is C33H44N4O4S. The molecule has 0 aromatic heterocycles. The highest BCUT2D eigenvalue weighted by Gasteiger charge is 2.25. The van der Waals surface area contributed by atoms with E-state index >= 15 is 0 Å². The van der Waals surface area contributed by atoms with Crippen molar-refractivity contribution < 1.29 is 19.5 Å². The predicted octanol–water partition coefficient (Wildman–Crippen LogP) is 4.29. The van der Waals surface area contributed by atoms with Crippen LogP contribution < -0.4 is 16.0 Å². The van der Waals surface area contributed by atoms with Crippen molar-refractivity contribution >= 4 is 40.3 Å². The molecule has 0 saturated carbocycles. The van der Waals surface area contributed by atoms with Crippen LogP contribution in [0.2, 0.25) is 0 Å². The molecule has 2 amide bonds. The molecule has 0 bridgehead atoms. The van der Waals surface area contributed by atoms with Crippen LogP contribution in [0, 0.1) is 5.92 Å². The van der Waals surface area contributed by atoms with E-state index in [1.165, 1.54) is 0 Å². The van der Waals surface area contributed by atoms with Crippen molar-refractivity contribution in [3.8, 4) is 0 Å². The van der Waals surface area contributed by atoms with Gasteiger partial charge in [0, 0.05) is 25.7 Å². The molecule has 9 heteroatoms. The third-order valence-corrected chi connectivity index (χ3v) is 8.12. The lowest BCUT2D eigenvalue weighted by Gasteiger charge is -2.31. The van der Waals surface area contributed by atoms with Crippen LogP contribution in [-0.2, 0) is 27.5 Å². The van der Waals surface area contributed by atoms with Crippen LogP contribution in [0.3, 0.4) is 0 Å². The first-order valence-corrected chi connectivity index (χ1v) is 15.9. The van der Waals surface area contributed by atoms with Crippen LogP contribution in [-0.4, -0.2) is 71.5 Å². The third-order valence-electron chi connectivity index (χ3n) is 7.47. The summed E-state index contributed by atoms with van der Waals surface area (Å²) in [5, 5.41) is 21.0. The highest BCUT2D eigenvalue weighted by atomic mass is 32.2. The first-order chi connectivity index (χ1) is 20.3.